The van der Waals surface area contributed by atoms with Crippen LogP contribution >= 0.6 is 0 Å². The third-order valence-electron chi connectivity index (χ3n) is 4.06. The fraction of sp³-hybridized carbons (Fsp3) is 0.316. The second kappa shape index (κ2) is 8.44. The lowest BCUT2D eigenvalue weighted by Gasteiger charge is -2.19. The van der Waals surface area contributed by atoms with E-state index in [1.54, 1.807) is 26.2 Å². The molecular formula is C19H24N2O4S. The predicted octanol–water partition coefficient (Wildman–Crippen LogP) is 2.93. The van der Waals surface area contributed by atoms with Crippen LogP contribution in [0.1, 0.15) is 29.7 Å². The van der Waals surface area contributed by atoms with E-state index in [4.69, 9.17) is 4.74 Å². The lowest BCUT2D eigenvalue weighted by molar-refractivity contribution is -0.114. The van der Waals surface area contributed by atoms with Gasteiger partial charge in [-0.1, -0.05) is 24.3 Å². The molecule has 0 radical (unpaired) electrons. The highest BCUT2D eigenvalue weighted by atomic mass is 32.2. The summed E-state index contributed by atoms with van der Waals surface area (Å²) in [6.07, 6.45) is -0.384. The topological polar surface area (TPSA) is 84.5 Å². The summed E-state index contributed by atoms with van der Waals surface area (Å²) in [6, 6.07) is 12.4. The van der Waals surface area contributed by atoms with Gasteiger partial charge in [0.05, 0.1) is 11.0 Å². The Morgan fingerprint density at radius 1 is 1.12 bits per heavy atom. The average Bonchev–Trinajstić information content (AvgIpc) is 2.56. The molecule has 0 aromatic heterocycles. The molecule has 0 saturated carbocycles. The largest absolute Gasteiger partial charge is 0.375 e. The van der Waals surface area contributed by atoms with Crippen LogP contribution in [-0.2, 0) is 19.6 Å². The quantitative estimate of drug-likeness (QED) is 0.778. The van der Waals surface area contributed by atoms with Crippen LogP contribution < -0.4 is 10.0 Å². The molecule has 2 rings (SSSR count). The standard InChI is InChI=1S/C19H24N2O4S/c1-13-7-5-6-8-17(13)18(25-4)12-20-26(23,24)19-10-9-16(11-14(19)2)21-15(3)22/h5-11,18,20H,12H2,1-4H3,(H,21,22). The van der Waals surface area contributed by atoms with Crippen molar-refractivity contribution >= 4 is 21.6 Å². The van der Waals surface area contributed by atoms with Gasteiger partial charge in [0.1, 0.15) is 0 Å². The van der Waals surface area contributed by atoms with E-state index >= 15 is 0 Å². The highest BCUT2D eigenvalue weighted by Crippen LogP contribution is 2.22. The van der Waals surface area contributed by atoms with Crippen molar-refractivity contribution in [3.8, 4) is 0 Å². The van der Waals surface area contributed by atoms with E-state index in [2.05, 4.69) is 10.0 Å². The summed E-state index contributed by atoms with van der Waals surface area (Å²) in [6.45, 7) is 5.17. The van der Waals surface area contributed by atoms with E-state index in [0.29, 0.717) is 11.3 Å². The Morgan fingerprint density at radius 3 is 2.38 bits per heavy atom. The SMILES string of the molecule is COC(CNS(=O)(=O)c1ccc(NC(C)=O)cc1C)c1ccccc1C. The van der Waals surface area contributed by atoms with Gasteiger partial charge in [-0.25, -0.2) is 13.1 Å². The number of rotatable bonds is 7. The molecule has 1 amide bonds. The summed E-state index contributed by atoms with van der Waals surface area (Å²) in [7, 11) is -2.15. The van der Waals surface area contributed by atoms with Gasteiger partial charge in [0.2, 0.25) is 15.9 Å². The zero-order valence-electron chi connectivity index (χ0n) is 15.4. The van der Waals surface area contributed by atoms with E-state index in [9.17, 15) is 13.2 Å². The first-order chi connectivity index (χ1) is 12.2. The number of amides is 1. The Morgan fingerprint density at radius 2 is 1.81 bits per heavy atom. The number of hydrogen-bond donors (Lipinski definition) is 2. The van der Waals surface area contributed by atoms with E-state index < -0.39 is 10.0 Å². The molecule has 1 atom stereocenters. The minimum Gasteiger partial charge on any atom is -0.375 e. The fourth-order valence-electron chi connectivity index (χ4n) is 2.76. The van der Waals surface area contributed by atoms with E-state index in [-0.39, 0.29) is 23.5 Å². The third-order valence-corrected chi connectivity index (χ3v) is 5.65. The number of methoxy groups -OCH3 is 1. The van der Waals surface area contributed by atoms with Crippen molar-refractivity contribution < 1.29 is 17.9 Å². The normalized spacial score (nSPS) is 12.6. The molecule has 0 spiro atoms. The van der Waals surface area contributed by atoms with Crippen molar-refractivity contribution in [3.63, 3.8) is 0 Å². The second-order valence-electron chi connectivity index (χ2n) is 6.09. The molecule has 0 aliphatic heterocycles. The van der Waals surface area contributed by atoms with Crippen LogP contribution in [0.2, 0.25) is 0 Å². The van der Waals surface area contributed by atoms with Gasteiger partial charge in [-0.3, -0.25) is 4.79 Å². The van der Waals surface area contributed by atoms with E-state index in [1.165, 1.54) is 13.0 Å². The second-order valence-corrected chi connectivity index (χ2v) is 7.83. The molecule has 0 saturated heterocycles. The minimum atomic E-state index is -3.70. The molecule has 0 aliphatic carbocycles. The highest BCUT2D eigenvalue weighted by molar-refractivity contribution is 7.89. The van der Waals surface area contributed by atoms with Crippen LogP contribution in [0.4, 0.5) is 5.69 Å². The number of nitrogens with one attached hydrogen (secondary N) is 2. The van der Waals surface area contributed by atoms with E-state index in [1.807, 2.05) is 31.2 Å². The first-order valence-corrected chi connectivity index (χ1v) is 9.69. The molecule has 140 valence electrons. The summed E-state index contributed by atoms with van der Waals surface area (Å²) >= 11 is 0. The molecule has 0 aliphatic rings. The van der Waals surface area contributed by atoms with Crippen LogP contribution in [0.15, 0.2) is 47.4 Å². The highest BCUT2D eigenvalue weighted by Gasteiger charge is 2.20. The minimum absolute atomic E-state index is 0.122. The van der Waals surface area contributed by atoms with Crippen molar-refractivity contribution in [1.29, 1.82) is 0 Å². The first-order valence-electron chi connectivity index (χ1n) is 8.21. The van der Waals surface area contributed by atoms with Gasteiger partial charge < -0.3 is 10.1 Å². The van der Waals surface area contributed by atoms with Gasteiger partial charge >= 0.3 is 0 Å². The van der Waals surface area contributed by atoms with Gasteiger partial charge in [-0.05, 0) is 48.7 Å². The zero-order valence-corrected chi connectivity index (χ0v) is 16.2. The Hall–Kier alpha value is -2.22. The lowest BCUT2D eigenvalue weighted by atomic mass is 10.0. The van der Waals surface area contributed by atoms with Crippen LogP contribution in [0, 0.1) is 13.8 Å². The molecule has 2 N–H and O–H groups in total. The van der Waals surface area contributed by atoms with Crippen LogP contribution in [0.3, 0.4) is 0 Å². The number of benzene rings is 2. The van der Waals surface area contributed by atoms with E-state index in [0.717, 1.165) is 11.1 Å². The number of anilines is 1. The van der Waals surface area contributed by atoms with Gasteiger partial charge in [0, 0.05) is 26.3 Å². The molecule has 0 bridgehead atoms. The van der Waals surface area contributed by atoms with Crippen LogP contribution in [0.25, 0.3) is 0 Å². The molecule has 26 heavy (non-hydrogen) atoms. The molecule has 2 aromatic carbocycles. The summed E-state index contributed by atoms with van der Waals surface area (Å²) in [5.41, 5.74) is 3.09. The molecule has 1 unspecified atom stereocenters. The molecule has 0 heterocycles. The number of sulfonamides is 1. The summed E-state index contributed by atoms with van der Waals surface area (Å²) in [5.74, 6) is -0.209. The molecule has 7 heteroatoms. The molecule has 2 aromatic rings. The summed E-state index contributed by atoms with van der Waals surface area (Å²) < 4.78 is 33.4. The van der Waals surface area contributed by atoms with Crippen molar-refractivity contribution in [2.24, 2.45) is 0 Å². The fourth-order valence-corrected chi connectivity index (χ4v) is 4.02. The Labute approximate surface area is 154 Å². The van der Waals surface area contributed by atoms with Crippen molar-refractivity contribution in [2.45, 2.75) is 31.8 Å². The zero-order chi connectivity index (χ0) is 19.3. The maximum atomic E-state index is 12.7. The average molecular weight is 376 g/mol. The van der Waals surface area contributed by atoms with Crippen LogP contribution in [-0.4, -0.2) is 28.0 Å². The lowest BCUT2D eigenvalue weighted by Crippen LogP contribution is -2.30. The number of ether oxygens (including phenoxy) is 1. The number of carbonyl (C=O) groups is 1. The van der Waals surface area contributed by atoms with Crippen molar-refractivity contribution in [2.75, 3.05) is 19.0 Å². The van der Waals surface area contributed by atoms with Crippen molar-refractivity contribution in [1.82, 2.24) is 4.72 Å². The van der Waals surface area contributed by atoms with Crippen LogP contribution in [0.5, 0.6) is 0 Å². The summed E-state index contributed by atoms with van der Waals surface area (Å²) in [5, 5.41) is 2.64. The first kappa shape index (κ1) is 20.1. The number of aryl methyl sites for hydroxylation is 2. The van der Waals surface area contributed by atoms with Gasteiger partial charge in [0.25, 0.3) is 0 Å². The monoisotopic (exact) mass is 376 g/mol. The maximum Gasteiger partial charge on any atom is 0.240 e. The Balaban J connectivity index is 2.18. The molecule has 0 fully saturated rings. The molecular weight excluding hydrogens is 352 g/mol. The van der Waals surface area contributed by atoms with Gasteiger partial charge in [0.15, 0.2) is 0 Å². The van der Waals surface area contributed by atoms with Gasteiger partial charge in [-0.15, -0.1) is 0 Å². The predicted molar refractivity (Wildman–Crippen MR) is 102 cm³/mol. The van der Waals surface area contributed by atoms with Crippen molar-refractivity contribution in [3.05, 3.63) is 59.2 Å². The number of carbonyl (C=O) groups excluding carboxylic acids is 1. The third kappa shape index (κ3) is 4.91. The maximum absolute atomic E-state index is 12.7. The Bertz CT molecular complexity index is 894. The van der Waals surface area contributed by atoms with Gasteiger partial charge in [-0.2, -0.15) is 0 Å². The number of hydrogen-bond acceptors (Lipinski definition) is 4. The smallest absolute Gasteiger partial charge is 0.240 e. The Kier molecular flexibility index (Phi) is 6.52. The summed E-state index contributed by atoms with van der Waals surface area (Å²) in [4.78, 5) is 11.3. The molecule has 6 nitrogen and oxygen atoms in total.